The predicted molar refractivity (Wildman–Crippen MR) is 181 cm³/mol. The van der Waals surface area contributed by atoms with Crippen molar-refractivity contribution in [1.82, 2.24) is 10.2 Å². The molecule has 0 aliphatic carbocycles. The third-order valence-corrected chi connectivity index (χ3v) is 9.87. The van der Waals surface area contributed by atoms with Crippen LogP contribution in [-0.4, -0.2) is 44.3 Å². The number of sulfonamides is 1. The number of nitrogens with zero attached hydrogens (tertiary/aromatic N) is 2. The van der Waals surface area contributed by atoms with Crippen LogP contribution >= 0.6 is 34.8 Å². The number of hydrogen-bond acceptors (Lipinski definition) is 4. The number of rotatable bonds is 13. The highest BCUT2D eigenvalue weighted by atomic mass is 35.5. The Labute approximate surface area is 279 Å². The summed E-state index contributed by atoms with van der Waals surface area (Å²) in [6, 6.07) is 27.6. The normalized spacial score (nSPS) is 12.0. The average molecular weight is 687 g/mol. The molecule has 236 valence electrons. The van der Waals surface area contributed by atoms with Crippen molar-refractivity contribution in [3.63, 3.8) is 0 Å². The molecule has 0 saturated heterocycles. The minimum Gasteiger partial charge on any atom is -0.354 e. The lowest BCUT2D eigenvalue weighted by Crippen LogP contribution is -2.53. The monoisotopic (exact) mass is 685 g/mol. The van der Waals surface area contributed by atoms with E-state index in [0.29, 0.717) is 17.1 Å². The number of anilines is 1. The molecule has 0 saturated carbocycles. The molecular formula is C34H34Cl3N3O4S. The second-order valence-corrected chi connectivity index (χ2v) is 14.0. The zero-order chi connectivity index (χ0) is 32.6. The van der Waals surface area contributed by atoms with Gasteiger partial charge in [-0.1, -0.05) is 115 Å². The fourth-order valence-corrected chi connectivity index (χ4v) is 6.70. The van der Waals surface area contributed by atoms with E-state index in [2.05, 4.69) is 5.32 Å². The minimum absolute atomic E-state index is 0.0190. The molecule has 0 aromatic heterocycles. The molecule has 4 aromatic carbocycles. The van der Waals surface area contributed by atoms with Crippen molar-refractivity contribution in [3.8, 4) is 0 Å². The van der Waals surface area contributed by atoms with Crippen molar-refractivity contribution < 1.29 is 18.0 Å². The number of halogens is 3. The molecule has 4 rings (SSSR count). The molecule has 11 heteroatoms. The van der Waals surface area contributed by atoms with Gasteiger partial charge in [0.25, 0.3) is 10.0 Å². The summed E-state index contributed by atoms with van der Waals surface area (Å²) in [4.78, 5) is 29.7. The largest absolute Gasteiger partial charge is 0.354 e. The van der Waals surface area contributed by atoms with Gasteiger partial charge >= 0.3 is 0 Å². The third kappa shape index (κ3) is 9.01. The second-order valence-electron chi connectivity index (χ2n) is 10.9. The highest BCUT2D eigenvalue weighted by Crippen LogP contribution is 2.35. The number of benzene rings is 4. The van der Waals surface area contributed by atoms with Gasteiger partial charge in [0.15, 0.2) is 0 Å². The number of carbonyl (C=O) groups is 2. The number of hydrogen-bond donors (Lipinski definition) is 1. The smallest absolute Gasteiger partial charge is 0.264 e. The van der Waals surface area contributed by atoms with E-state index in [1.54, 1.807) is 48.5 Å². The molecule has 0 heterocycles. The maximum absolute atomic E-state index is 14.5. The average Bonchev–Trinajstić information content (AvgIpc) is 3.03. The minimum atomic E-state index is -4.30. The molecule has 2 amide bonds. The molecule has 0 fully saturated rings. The molecule has 0 aliphatic heterocycles. The van der Waals surface area contributed by atoms with E-state index in [1.807, 2.05) is 44.2 Å². The molecule has 4 aromatic rings. The lowest BCUT2D eigenvalue weighted by atomic mass is 10.0. The van der Waals surface area contributed by atoms with Crippen LogP contribution in [0.2, 0.25) is 15.1 Å². The molecule has 7 nitrogen and oxygen atoms in total. The Morgan fingerprint density at radius 2 is 1.40 bits per heavy atom. The summed E-state index contributed by atoms with van der Waals surface area (Å²) in [7, 11) is -4.30. The van der Waals surface area contributed by atoms with Gasteiger partial charge in [0.2, 0.25) is 11.8 Å². The highest BCUT2D eigenvalue weighted by Gasteiger charge is 2.35. The summed E-state index contributed by atoms with van der Waals surface area (Å²) >= 11 is 19.0. The lowest BCUT2D eigenvalue weighted by Gasteiger charge is -2.34. The van der Waals surface area contributed by atoms with Crippen LogP contribution in [0, 0.1) is 5.92 Å². The summed E-state index contributed by atoms with van der Waals surface area (Å²) in [5.41, 5.74) is 1.58. The first-order valence-electron chi connectivity index (χ1n) is 14.3. The highest BCUT2D eigenvalue weighted by molar-refractivity contribution is 7.92. The Morgan fingerprint density at radius 3 is 2.02 bits per heavy atom. The molecule has 0 unspecified atom stereocenters. The van der Waals surface area contributed by atoms with E-state index in [0.717, 1.165) is 9.87 Å². The first-order valence-corrected chi connectivity index (χ1v) is 16.9. The lowest BCUT2D eigenvalue weighted by molar-refractivity contribution is -0.140. The number of carbonyl (C=O) groups excluding carboxylic acids is 2. The van der Waals surface area contributed by atoms with Crippen LogP contribution in [0.25, 0.3) is 0 Å². The van der Waals surface area contributed by atoms with E-state index in [-0.39, 0.29) is 45.4 Å². The summed E-state index contributed by atoms with van der Waals surface area (Å²) < 4.78 is 29.1. The summed E-state index contributed by atoms with van der Waals surface area (Å²) in [5, 5.41) is 3.59. The molecule has 0 spiro atoms. The van der Waals surface area contributed by atoms with Crippen LogP contribution < -0.4 is 9.62 Å². The topological polar surface area (TPSA) is 86.8 Å². The van der Waals surface area contributed by atoms with Crippen LogP contribution in [0.4, 0.5) is 5.69 Å². The Balaban J connectivity index is 1.82. The van der Waals surface area contributed by atoms with E-state index in [9.17, 15) is 18.0 Å². The molecule has 0 radical (unpaired) electrons. The van der Waals surface area contributed by atoms with Gasteiger partial charge in [0.05, 0.1) is 20.6 Å². The molecule has 0 bridgehead atoms. The fourth-order valence-electron chi connectivity index (χ4n) is 4.68. The SMILES string of the molecule is CC(C)CNC(=O)[C@H](Cc1ccccc1)N(Cc1ccc(Cl)cc1)C(=O)CN(c1cccc(Cl)c1Cl)S(=O)(=O)c1ccccc1. The second kappa shape index (κ2) is 15.6. The zero-order valence-electron chi connectivity index (χ0n) is 24.9. The summed E-state index contributed by atoms with van der Waals surface area (Å²) in [6.45, 7) is 3.73. The van der Waals surface area contributed by atoms with Crippen LogP contribution in [-0.2, 0) is 32.6 Å². The fraction of sp³-hybridized carbons (Fsp3) is 0.235. The Bertz CT molecular complexity index is 1700. The van der Waals surface area contributed by atoms with E-state index in [1.165, 1.54) is 29.2 Å². The van der Waals surface area contributed by atoms with E-state index < -0.39 is 28.5 Å². The van der Waals surface area contributed by atoms with Gasteiger partial charge in [-0.2, -0.15) is 0 Å². The van der Waals surface area contributed by atoms with Gasteiger partial charge in [-0.25, -0.2) is 8.42 Å². The maximum atomic E-state index is 14.5. The first kappa shape index (κ1) is 34.3. The van der Waals surface area contributed by atoms with E-state index >= 15 is 0 Å². The Kier molecular flexibility index (Phi) is 11.9. The Hall–Kier alpha value is -3.56. The van der Waals surface area contributed by atoms with Crippen molar-refractivity contribution >= 4 is 62.3 Å². The standard InChI is InChI=1S/C34H34Cl3N3O4S/c1-24(2)21-38-34(42)31(20-25-10-5-3-6-11-25)39(22-26-16-18-27(35)19-17-26)32(41)23-40(30-15-9-14-29(36)33(30)37)45(43,44)28-12-7-4-8-13-28/h3-19,24,31H,20-23H2,1-2H3,(H,38,42)/t31-/m0/s1. The van der Waals surface area contributed by atoms with Gasteiger partial charge in [-0.15, -0.1) is 0 Å². The Morgan fingerprint density at radius 1 is 0.778 bits per heavy atom. The third-order valence-electron chi connectivity index (χ3n) is 7.03. The van der Waals surface area contributed by atoms with Crippen molar-refractivity contribution in [2.75, 3.05) is 17.4 Å². The summed E-state index contributed by atoms with van der Waals surface area (Å²) in [5.74, 6) is -0.794. The molecule has 1 atom stereocenters. The first-order chi connectivity index (χ1) is 21.5. The van der Waals surface area contributed by atoms with Gasteiger partial charge in [0.1, 0.15) is 12.6 Å². The van der Waals surface area contributed by atoms with Crippen LogP contribution in [0.1, 0.15) is 25.0 Å². The van der Waals surface area contributed by atoms with Gasteiger partial charge in [-0.05, 0) is 53.4 Å². The maximum Gasteiger partial charge on any atom is 0.264 e. The molecular weight excluding hydrogens is 653 g/mol. The van der Waals surface area contributed by atoms with Crippen molar-refractivity contribution in [3.05, 3.63) is 129 Å². The van der Waals surface area contributed by atoms with Crippen molar-refractivity contribution in [2.45, 2.75) is 37.8 Å². The summed E-state index contributed by atoms with van der Waals surface area (Å²) in [6.07, 6.45) is 0.202. The van der Waals surface area contributed by atoms with Crippen molar-refractivity contribution in [2.24, 2.45) is 5.92 Å². The van der Waals surface area contributed by atoms with Crippen molar-refractivity contribution in [1.29, 1.82) is 0 Å². The zero-order valence-corrected chi connectivity index (χ0v) is 28.0. The quantitative estimate of drug-likeness (QED) is 0.161. The van der Waals surface area contributed by atoms with Crippen LogP contribution in [0.15, 0.2) is 108 Å². The van der Waals surface area contributed by atoms with Crippen LogP contribution in [0.5, 0.6) is 0 Å². The molecule has 0 aliphatic rings. The van der Waals surface area contributed by atoms with Gasteiger partial charge in [0, 0.05) is 24.5 Å². The van der Waals surface area contributed by atoms with Gasteiger partial charge < -0.3 is 10.2 Å². The molecule has 1 N–H and O–H groups in total. The van der Waals surface area contributed by atoms with E-state index in [4.69, 9.17) is 34.8 Å². The van der Waals surface area contributed by atoms with Crippen LogP contribution in [0.3, 0.4) is 0 Å². The molecule has 45 heavy (non-hydrogen) atoms. The predicted octanol–water partition coefficient (Wildman–Crippen LogP) is 7.25. The number of nitrogens with one attached hydrogen (secondary N) is 1. The number of amides is 2. The van der Waals surface area contributed by atoms with Gasteiger partial charge in [-0.3, -0.25) is 13.9 Å².